The summed E-state index contributed by atoms with van der Waals surface area (Å²) in [4.78, 5) is 27.7. The Balaban J connectivity index is 1.37. The van der Waals surface area contributed by atoms with Crippen LogP contribution < -0.4 is 11.1 Å². The Kier molecular flexibility index (Phi) is 7.80. The smallest absolute Gasteiger partial charge is 0.350 e. The zero-order valence-corrected chi connectivity index (χ0v) is 20.8. The summed E-state index contributed by atoms with van der Waals surface area (Å²) >= 11 is 0. The number of nitriles is 1. The molecule has 3 N–H and O–H groups in total. The van der Waals surface area contributed by atoms with Crippen molar-refractivity contribution in [2.24, 2.45) is 17.6 Å². The minimum absolute atomic E-state index is 0.0134. The Bertz CT molecular complexity index is 1160. The second kappa shape index (κ2) is 10.6. The fourth-order valence-electron chi connectivity index (χ4n) is 4.94. The molecule has 2 amide bonds. The van der Waals surface area contributed by atoms with Gasteiger partial charge in [0.2, 0.25) is 11.8 Å². The lowest BCUT2D eigenvalue weighted by Crippen LogP contribution is -2.57. The van der Waals surface area contributed by atoms with E-state index in [1.807, 2.05) is 6.07 Å². The number of likely N-dealkylation sites (tertiary alicyclic amines) is 1. The first-order valence-electron chi connectivity index (χ1n) is 12.0. The number of benzene rings is 1. The third kappa shape index (κ3) is 5.90. The lowest BCUT2D eigenvalue weighted by molar-refractivity contribution is -0.142. The number of nitrogens with one attached hydrogen (secondary N) is 1. The number of nitrogens with zero attached hydrogens (tertiary/aromatic N) is 4. The summed E-state index contributed by atoms with van der Waals surface area (Å²) < 4.78 is 66.6. The van der Waals surface area contributed by atoms with Crippen molar-refractivity contribution >= 4 is 22.0 Å². The van der Waals surface area contributed by atoms with Crippen molar-refractivity contribution in [2.45, 2.75) is 44.1 Å². The van der Waals surface area contributed by atoms with Gasteiger partial charge in [-0.3, -0.25) is 9.59 Å². The van der Waals surface area contributed by atoms with Gasteiger partial charge in [-0.05, 0) is 37.0 Å². The molecule has 202 valence electrons. The Morgan fingerprint density at radius 1 is 1.11 bits per heavy atom. The summed E-state index contributed by atoms with van der Waals surface area (Å²) in [5.74, 6) is -1.78. The van der Waals surface area contributed by atoms with Crippen molar-refractivity contribution in [3.8, 4) is 6.07 Å². The number of alkyl halides is 3. The summed E-state index contributed by atoms with van der Waals surface area (Å²) in [5.41, 5.74) is 5.74. The molecule has 3 fully saturated rings. The van der Waals surface area contributed by atoms with Gasteiger partial charge in [-0.1, -0.05) is 12.1 Å². The maximum absolute atomic E-state index is 13.4. The average molecular weight is 543 g/mol. The molecule has 0 saturated carbocycles. The largest absolute Gasteiger partial charge is 0.416 e. The van der Waals surface area contributed by atoms with E-state index in [2.05, 4.69) is 5.32 Å². The molecule has 3 aliphatic rings. The molecule has 1 aromatic carbocycles. The van der Waals surface area contributed by atoms with E-state index in [-0.39, 0.29) is 57.5 Å². The van der Waals surface area contributed by atoms with Crippen LogP contribution in [0.5, 0.6) is 0 Å². The van der Waals surface area contributed by atoms with Crippen LogP contribution in [0.25, 0.3) is 0 Å². The standard InChI is InChI=1S/C23H29F3N6O4S/c24-23(25,26)18-5-3-15(4-6-18)10-29-21(33)20-8-19(28)14-32(20)22(34)17-2-1-7-30(13-17)37(35,36)31-11-16(9-27)12-31/h3-6,16-17,19-20H,1-2,7-8,10-14,28H2,(H,29,33)/t17-,19+,20+/m0/s1. The van der Waals surface area contributed by atoms with E-state index in [9.17, 15) is 31.2 Å². The monoisotopic (exact) mass is 542 g/mol. The van der Waals surface area contributed by atoms with Gasteiger partial charge in [0, 0.05) is 45.3 Å². The molecule has 4 rings (SSSR count). The zero-order valence-electron chi connectivity index (χ0n) is 20.0. The molecule has 0 aromatic heterocycles. The van der Waals surface area contributed by atoms with Crippen molar-refractivity contribution in [1.82, 2.24) is 18.8 Å². The lowest BCUT2D eigenvalue weighted by Gasteiger charge is -2.41. The number of halogens is 3. The first-order chi connectivity index (χ1) is 17.4. The maximum atomic E-state index is 13.4. The molecule has 0 bridgehead atoms. The number of rotatable bonds is 6. The van der Waals surface area contributed by atoms with E-state index >= 15 is 0 Å². The SMILES string of the molecule is N#CC1CN(S(=O)(=O)N2CCC[C@H](C(=O)N3C[C@H](N)C[C@@H]3C(=O)NCc3ccc(C(F)(F)F)cc3)C2)C1. The van der Waals surface area contributed by atoms with Gasteiger partial charge in [-0.25, -0.2) is 0 Å². The molecule has 0 aliphatic carbocycles. The van der Waals surface area contributed by atoms with Gasteiger partial charge >= 0.3 is 6.18 Å². The second-order valence-corrected chi connectivity index (χ2v) is 11.7. The van der Waals surface area contributed by atoms with E-state index in [4.69, 9.17) is 11.0 Å². The minimum atomic E-state index is -4.45. The lowest BCUT2D eigenvalue weighted by atomic mass is 9.97. The normalized spacial score (nSPS) is 25.9. The quantitative estimate of drug-likeness (QED) is 0.542. The second-order valence-electron chi connectivity index (χ2n) is 9.76. The van der Waals surface area contributed by atoms with E-state index in [1.54, 1.807) is 0 Å². The first-order valence-corrected chi connectivity index (χ1v) is 13.4. The predicted octanol–water partition coefficient (Wildman–Crippen LogP) is 0.662. The van der Waals surface area contributed by atoms with Crippen LogP contribution in [-0.4, -0.2) is 78.5 Å². The van der Waals surface area contributed by atoms with Crippen LogP contribution in [0.2, 0.25) is 0 Å². The van der Waals surface area contributed by atoms with Gasteiger partial charge < -0.3 is 16.0 Å². The number of hydrogen-bond acceptors (Lipinski definition) is 6. The number of piperidine rings is 1. The molecule has 3 heterocycles. The highest BCUT2D eigenvalue weighted by Crippen LogP contribution is 2.30. The predicted molar refractivity (Wildman–Crippen MR) is 125 cm³/mol. The third-order valence-electron chi connectivity index (χ3n) is 7.08. The molecular weight excluding hydrogens is 513 g/mol. The van der Waals surface area contributed by atoms with Crippen molar-refractivity contribution < 1.29 is 31.2 Å². The number of nitrogens with two attached hydrogens (primary N) is 1. The third-order valence-corrected chi connectivity index (χ3v) is 9.02. The maximum Gasteiger partial charge on any atom is 0.416 e. The van der Waals surface area contributed by atoms with E-state index < -0.39 is 45.9 Å². The van der Waals surface area contributed by atoms with Crippen molar-refractivity contribution in [3.05, 3.63) is 35.4 Å². The highest BCUT2D eigenvalue weighted by Gasteiger charge is 2.45. The Morgan fingerprint density at radius 2 is 1.78 bits per heavy atom. The number of carbonyl (C=O) groups excluding carboxylic acids is 2. The molecule has 0 spiro atoms. The van der Waals surface area contributed by atoms with Crippen molar-refractivity contribution in [3.63, 3.8) is 0 Å². The van der Waals surface area contributed by atoms with Gasteiger partial charge in [-0.2, -0.15) is 35.5 Å². The summed E-state index contributed by atoms with van der Waals surface area (Å²) in [6, 6.07) is 5.19. The van der Waals surface area contributed by atoms with Crippen LogP contribution in [0.1, 0.15) is 30.4 Å². The Labute approximate surface area is 213 Å². The van der Waals surface area contributed by atoms with Crippen molar-refractivity contribution in [2.75, 3.05) is 32.7 Å². The highest BCUT2D eigenvalue weighted by atomic mass is 32.2. The number of hydrogen-bond donors (Lipinski definition) is 2. The van der Waals surface area contributed by atoms with E-state index in [0.29, 0.717) is 18.4 Å². The molecule has 10 nitrogen and oxygen atoms in total. The van der Waals surface area contributed by atoms with Gasteiger partial charge in [0.05, 0.1) is 23.5 Å². The van der Waals surface area contributed by atoms with Crippen LogP contribution in [0.4, 0.5) is 13.2 Å². The molecule has 1 aromatic rings. The van der Waals surface area contributed by atoms with Crippen LogP contribution in [0, 0.1) is 23.2 Å². The molecular formula is C23H29F3N6O4S. The molecule has 3 aliphatic heterocycles. The van der Waals surface area contributed by atoms with Crippen LogP contribution in [-0.2, 0) is 32.5 Å². The molecule has 37 heavy (non-hydrogen) atoms. The summed E-state index contributed by atoms with van der Waals surface area (Å²) in [6.07, 6.45) is -3.28. The summed E-state index contributed by atoms with van der Waals surface area (Å²) in [6.45, 7) is 0.666. The van der Waals surface area contributed by atoms with Gasteiger partial charge in [-0.15, -0.1) is 0 Å². The van der Waals surface area contributed by atoms with Crippen molar-refractivity contribution in [1.29, 1.82) is 5.26 Å². The van der Waals surface area contributed by atoms with Crippen LogP contribution in [0.15, 0.2) is 24.3 Å². The zero-order chi connectivity index (χ0) is 27.0. The van der Waals surface area contributed by atoms with Gasteiger partial charge in [0.25, 0.3) is 10.2 Å². The fourth-order valence-corrected chi connectivity index (χ4v) is 6.73. The van der Waals surface area contributed by atoms with E-state index in [0.717, 1.165) is 12.1 Å². The molecule has 3 saturated heterocycles. The van der Waals surface area contributed by atoms with Gasteiger partial charge in [0.15, 0.2) is 0 Å². The molecule has 0 radical (unpaired) electrons. The minimum Gasteiger partial charge on any atom is -0.350 e. The molecule has 14 heteroatoms. The van der Waals surface area contributed by atoms with Crippen LogP contribution in [0.3, 0.4) is 0 Å². The average Bonchev–Trinajstić information content (AvgIpc) is 3.22. The summed E-state index contributed by atoms with van der Waals surface area (Å²) in [7, 11) is -3.78. The number of carbonyl (C=O) groups is 2. The fraction of sp³-hybridized carbons (Fsp3) is 0.609. The van der Waals surface area contributed by atoms with Crippen LogP contribution >= 0.6 is 0 Å². The summed E-state index contributed by atoms with van der Waals surface area (Å²) in [5, 5.41) is 11.6. The number of amides is 2. The van der Waals surface area contributed by atoms with Gasteiger partial charge in [0.1, 0.15) is 6.04 Å². The van der Waals surface area contributed by atoms with E-state index in [1.165, 1.54) is 25.6 Å². The first kappa shape index (κ1) is 27.3. The topological polar surface area (TPSA) is 140 Å². The Morgan fingerprint density at radius 3 is 2.41 bits per heavy atom. The molecule has 0 unspecified atom stereocenters. The Hall–Kier alpha value is -2.73. The molecule has 3 atom stereocenters. The highest BCUT2D eigenvalue weighted by molar-refractivity contribution is 7.86.